The number of hydrogen-bond acceptors (Lipinski definition) is 6. The molecule has 0 N–H and O–H groups in total. The van der Waals surface area contributed by atoms with Gasteiger partial charge in [-0.05, 0) is 23.8 Å². The first-order chi connectivity index (χ1) is 16.7. The molecule has 1 aromatic carbocycles. The van der Waals surface area contributed by atoms with Crippen molar-refractivity contribution < 1.29 is 39.2 Å². The van der Waals surface area contributed by atoms with Crippen molar-refractivity contribution in [1.82, 2.24) is 9.29 Å². The van der Waals surface area contributed by atoms with Crippen LogP contribution in [0.2, 0.25) is 0 Å². The molecule has 4 rings (SSSR count). The first-order valence-corrected chi connectivity index (χ1v) is 12.4. The molecule has 2 aromatic rings. The standard InChI is InChI=1S/C21H20F7N5O2S/c1-36(34,35)32-6-4-31(5-7-32)15-8-13(11-29-12-15)18-10-19(20(24,25)21(26,27)28)30-33(18)17-3-2-14(22)9-16(17)23/h2-3,8-9,11-12,18H,4-7,10H2,1H3. The fourth-order valence-corrected chi connectivity index (χ4v) is 4.92. The second kappa shape index (κ2) is 9.18. The van der Waals surface area contributed by atoms with Crippen LogP contribution >= 0.6 is 0 Å². The lowest BCUT2D eigenvalue weighted by molar-refractivity contribution is -0.249. The lowest BCUT2D eigenvalue weighted by atomic mass is 9.99. The number of alkyl halides is 5. The van der Waals surface area contributed by atoms with Crippen LogP contribution in [0.3, 0.4) is 0 Å². The lowest BCUT2D eigenvalue weighted by Crippen LogP contribution is -2.48. The molecular weight excluding hydrogens is 519 g/mol. The van der Waals surface area contributed by atoms with E-state index in [1.165, 1.54) is 22.8 Å². The van der Waals surface area contributed by atoms with E-state index in [9.17, 15) is 39.2 Å². The Morgan fingerprint density at radius 3 is 2.22 bits per heavy atom. The van der Waals surface area contributed by atoms with Gasteiger partial charge in [0.25, 0.3) is 0 Å². The van der Waals surface area contributed by atoms with Crippen LogP contribution in [0.4, 0.5) is 42.1 Å². The molecule has 0 aliphatic carbocycles. The molecule has 196 valence electrons. The van der Waals surface area contributed by atoms with E-state index in [1.807, 2.05) is 0 Å². The van der Waals surface area contributed by atoms with E-state index >= 15 is 0 Å². The number of aromatic nitrogens is 1. The van der Waals surface area contributed by atoms with Crippen LogP contribution in [-0.2, 0) is 10.0 Å². The molecular formula is C21H20F7N5O2S. The van der Waals surface area contributed by atoms with Crippen molar-refractivity contribution >= 4 is 27.1 Å². The van der Waals surface area contributed by atoms with Crippen molar-refractivity contribution in [2.45, 2.75) is 24.6 Å². The van der Waals surface area contributed by atoms with Crippen LogP contribution in [0.5, 0.6) is 0 Å². The van der Waals surface area contributed by atoms with Gasteiger partial charge < -0.3 is 4.90 Å². The third-order valence-corrected chi connectivity index (χ3v) is 7.29. The monoisotopic (exact) mass is 539 g/mol. The largest absolute Gasteiger partial charge is 0.459 e. The average Bonchev–Trinajstić information content (AvgIpc) is 3.24. The van der Waals surface area contributed by atoms with Gasteiger partial charge in [-0.2, -0.15) is 31.4 Å². The minimum Gasteiger partial charge on any atom is -0.368 e. The Bertz CT molecular complexity index is 1280. The molecule has 2 aliphatic heterocycles. The molecule has 36 heavy (non-hydrogen) atoms. The number of sulfonamides is 1. The Balaban J connectivity index is 1.68. The second-order valence-corrected chi connectivity index (χ2v) is 10.4. The number of hydrogen-bond donors (Lipinski definition) is 0. The van der Waals surface area contributed by atoms with Gasteiger partial charge in [0.2, 0.25) is 10.0 Å². The van der Waals surface area contributed by atoms with E-state index in [4.69, 9.17) is 0 Å². The van der Waals surface area contributed by atoms with E-state index < -0.39 is 57.6 Å². The Hall–Kier alpha value is -2.94. The molecule has 1 unspecified atom stereocenters. The zero-order valence-electron chi connectivity index (χ0n) is 18.7. The smallest absolute Gasteiger partial charge is 0.368 e. The third-order valence-electron chi connectivity index (χ3n) is 5.99. The summed E-state index contributed by atoms with van der Waals surface area (Å²) in [4.78, 5) is 5.84. The summed E-state index contributed by atoms with van der Waals surface area (Å²) in [6.45, 7) is 0.940. The van der Waals surface area contributed by atoms with Crippen LogP contribution in [0.1, 0.15) is 18.0 Å². The Labute approximate surface area is 201 Å². The fraction of sp³-hybridized carbons (Fsp3) is 0.429. The average molecular weight is 539 g/mol. The number of rotatable bonds is 5. The summed E-state index contributed by atoms with van der Waals surface area (Å²) in [5.41, 5.74) is -1.37. The zero-order chi connectivity index (χ0) is 26.5. The SMILES string of the molecule is CS(=O)(=O)N1CCN(c2cncc(C3CC(C(F)(F)C(F)(F)F)=NN3c3ccc(F)cc3F)c2)CC1. The van der Waals surface area contributed by atoms with Gasteiger partial charge >= 0.3 is 12.1 Å². The number of nitrogens with zero attached hydrogens (tertiary/aromatic N) is 5. The summed E-state index contributed by atoms with van der Waals surface area (Å²) >= 11 is 0. The number of hydrazone groups is 1. The van der Waals surface area contributed by atoms with E-state index in [0.29, 0.717) is 16.8 Å². The quantitative estimate of drug-likeness (QED) is 0.539. The lowest BCUT2D eigenvalue weighted by Gasteiger charge is -2.35. The van der Waals surface area contributed by atoms with Crippen molar-refractivity contribution in [3.63, 3.8) is 0 Å². The van der Waals surface area contributed by atoms with Crippen LogP contribution < -0.4 is 9.91 Å². The summed E-state index contributed by atoms with van der Waals surface area (Å²) in [6, 6.07) is 2.40. The van der Waals surface area contributed by atoms with Gasteiger partial charge in [0.1, 0.15) is 11.5 Å². The zero-order valence-corrected chi connectivity index (χ0v) is 19.5. The number of anilines is 2. The minimum absolute atomic E-state index is 0.165. The predicted octanol–water partition coefficient (Wildman–Crippen LogP) is 3.95. The van der Waals surface area contributed by atoms with Gasteiger partial charge in [-0.3, -0.25) is 9.99 Å². The summed E-state index contributed by atoms with van der Waals surface area (Å²) in [5.74, 6) is -7.43. The highest BCUT2D eigenvalue weighted by atomic mass is 32.2. The van der Waals surface area contributed by atoms with Crippen molar-refractivity contribution in [3.8, 4) is 0 Å². The molecule has 1 atom stereocenters. The Morgan fingerprint density at radius 1 is 0.972 bits per heavy atom. The topological polar surface area (TPSA) is 69.1 Å². The van der Waals surface area contributed by atoms with Crippen LogP contribution in [-0.4, -0.2) is 68.0 Å². The van der Waals surface area contributed by atoms with Gasteiger partial charge in [0.05, 0.1) is 29.9 Å². The molecule has 0 saturated carbocycles. The van der Waals surface area contributed by atoms with Crippen molar-refractivity contribution in [2.75, 3.05) is 42.3 Å². The van der Waals surface area contributed by atoms with Gasteiger partial charge in [-0.15, -0.1) is 0 Å². The summed E-state index contributed by atoms with van der Waals surface area (Å²) in [6.07, 6.45) is -3.06. The molecule has 0 radical (unpaired) electrons. The first kappa shape index (κ1) is 26.1. The molecule has 0 bridgehead atoms. The molecule has 2 aliphatic rings. The fourth-order valence-electron chi connectivity index (χ4n) is 4.09. The van der Waals surface area contributed by atoms with Crippen molar-refractivity contribution in [2.24, 2.45) is 5.10 Å². The Kier molecular flexibility index (Phi) is 6.66. The van der Waals surface area contributed by atoms with E-state index in [2.05, 4.69) is 10.1 Å². The molecule has 3 heterocycles. The summed E-state index contributed by atoms with van der Waals surface area (Å²) in [5, 5.41) is 4.10. The van der Waals surface area contributed by atoms with Crippen LogP contribution in [0, 0.1) is 11.6 Å². The van der Waals surface area contributed by atoms with Crippen molar-refractivity contribution in [1.29, 1.82) is 0 Å². The molecule has 15 heteroatoms. The van der Waals surface area contributed by atoms with Crippen LogP contribution in [0.15, 0.2) is 41.8 Å². The third kappa shape index (κ3) is 4.98. The Morgan fingerprint density at radius 2 is 1.64 bits per heavy atom. The highest BCUT2D eigenvalue weighted by molar-refractivity contribution is 7.88. The second-order valence-electron chi connectivity index (χ2n) is 8.40. The predicted molar refractivity (Wildman–Crippen MR) is 117 cm³/mol. The van der Waals surface area contributed by atoms with Gasteiger partial charge in [0, 0.05) is 44.9 Å². The maximum absolute atomic E-state index is 14.5. The minimum atomic E-state index is -5.92. The maximum atomic E-state index is 14.5. The van der Waals surface area contributed by atoms with E-state index in [0.717, 1.165) is 18.4 Å². The molecule has 7 nitrogen and oxygen atoms in total. The van der Waals surface area contributed by atoms with E-state index in [1.54, 1.807) is 4.90 Å². The summed E-state index contributed by atoms with van der Waals surface area (Å²) in [7, 11) is -3.39. The highest BCUT2D eigenvalue weighted by Gasteiger charge is 2.63. The molecule has 0 amide bonds. The van der Waals surface area contributed by atoms with Gasteiger partial charge in [-0.1, -0.05) is 0 Å². The van der Waals surface area contributed by atoms with Crippen LogP contribution in [0.25, 0.3) is 0 Å². The van der Waals surface area contributed by atoms with Gasteiger partial charge in [-0.25, -0.2) is 17.2 Å². The number of piperazine rings is 1. The number of halogens is 7. The van der Waals surface area contributed by atoms with Crippen molar-refractivity contribution in [3.05, 3.63) is 53.9 Å². The first-order valence-electron chi connectivity index (χ1n) is 10.6. The summed E-state index contributed by atoms with van der Waals surface area (Å²) < 4.78 is 120. The molecule has 1 fully saturated rings. The maximum Gasteiger partial charge on any atom is 0.459 e. The molecule has 0 spiro atoms. The van der Waals surface area contributed by atoms with Gasteiger partial charge in [0.15, 0.2) is 5.82 Å². The molecule has 1 saturated heterocycles. The van der Waals surface area contributed by atoms with E-state index in [-0.39, 0.29) is 31.7 Å². The highest BCUT2D eigenvalue weighted by Crippen LogP contribution is 2.45. The number of pyridine rings is 1. The number of benzene rings is 1. The normalized spacial score (nSPS) is 20.1. The molecule has 1 aromatic heterocycles.